The van der Waals surface area contributed by atoms with Crippen molar-refractivity contribution in [1.82, 2.24) is 5.32 Å². The number of carbonyl (C=O) groups is 1. The number of amides is 1. The third-order valence-corrected chi connectivity index (χ3v) is 9.87. The van der Waals surface area contributed by atoms with E-state index >= 15 is 0 Å². The minimum absolute atomic E-state index is 0.0717. The van der Waals surface area contributed by atoms with E-state index in [1.807, 2.05) is 6.08 Å². The molecule has 0 aliphatic heterocycles. The topological polar surface area (TPSA) is 69.6 Å². The monoisotopic (exact) mass is 688 g/mol. The van der Waals surface area contributed by atoms with Crippen LogP contribution < -0.4 is 5.32 Å². The second-order valence-electron chi connectivity index (χ2n) is 14.8. The molecule has 0 aliphatic rings. The molecule has 0 rings (SSSR count). The van der Waals surface area contributed by atoms with Crippen LogP contribution in [0.1, 0.15) is 226 Å². The predicted octanol–water partition coefficient (Wildman–Crippen LogP) is 13.4. The Bertz CT molecular complexity index is 746. The second-order valence-corrected chi connectivity index (χ2v) is 14.8. The van der Waals surface area contributed by atoms with Gasteiger partial charge in [-0.25, -0.2) is 0 Å². The van der Waals surface area contributed by atoms with Gasteiger partial charge in [-0.3, -0.25) is 4.79 Å². The molecule has 288 valence electrons. The third kappa shape index (κ3) is 37.7. The highest BCUT2D eigenvalue weighted by Gasteiger charge is 2.17. The first-order valence-electron chi connectivity index (χ1n) is 21.7. The molecule has 1 amide bonds. The lowest BCUT2D eigenvalue weighted by molar-refractivity contribution is -0.123. The summed E-state index contributed by atoms with van der Waals surface area (Å²) in [7, 11) is 0. The molecule has 0 aliphatic carbocycles. The summed E-state index contributed by atoms with van der Waals surface area (Å²) in [6, 6.07) is -0.625. The van der Waals surface area contributed by atoms with E-state index in [9.17, 15) is 15.0 Å². The molecule has 3 N–H and O–H groups in total. The molecule has 0 heterocycles. The summed E-state index contributed by atoms with van der Waals surface area (Å²) in [6.07, 6.45) is 53.9. The minimum Gasteiger partial charge on any atom is -0.394 e. The molecule has 0 saturated heterocycles. The van der Waals surface area contributed by atoms with Gasteiger partial charge in [-0.1, -0.05) is 204 Å². The van der Waals surface area contributed by atoms with Crippen molar-refractivity contribution in [3.05, 3.63) is 36.5 Å². The van der Waals surface area contributed by atoms with Gasteiger partial charge in [0, 0.05) is 6.42 Å². The van der Waals surface area contributed by atoms with Gasteiger partial charge in [-0.2, -0.15) is 0 Å². The number of hydrogen-bond acceptors (Lipinski definition) is 3. The summed E-state index contributed by atoms with van der Waals surface area (Å²) >= 11 is 0. The van der Waals surface area contributed by atoms with Crippen molar-refractivity contribution in [2.45, 2.75) is 238 Å². The van der Waals surface area contributed by atoms with E-state index in [1.54, 1.807) is 6.08 Å². The molecule has 0 radical (unpaired) electrons. The second kappa shape index (κ2) is 41.0. The molecule has 2 atom stereocenters. The Balaban J connectivity index is 3.58. The van der Waals surface area contributed by atoms with Gasteiger partial charge >= 0.3 is 0 Å². The van der Waals surface area contributed by atoms with E-state index < -0.39 is 12.1 Å². The molecule has 4 heteroatoms. The Morgan fingerprint density at radius 3 is 1.22 bits per heavy atom. The molecule has 0 bridgehead atoms. The van der Waals surface area contributed by atoms with Crippen molar-refractivity contribution in [1.29, 1.82) is 0 Å². The summed E-state index contributed by atoms with van der Waals surface area (Å²) in [5.41, 5.74) is 0. The molecule has 49 heavy (non-hydrogen) atoms. The Kier molecular flexibility index (Phi) is 39.9. The quantitative estimate of drug-likeness (QED) is 0.0445. The summed E-state index contributed by atoms with van der Waals surface area (Å²) in [5.74, 6) is -0.0717. The van der Waals surface area contributed by atoms with Crippen LogP contribution in [-0.2, 0) is 4.79 Å². The minimum atomic E-state index is -0.841. The van der Waals surface area contributed by atoms with Gasteiger partial charge in [-0.05, 0) is 51.4 Å². The van der Waals surface area contributed by atoms with E-state index in [-0.39, 0.29) is 12.5 Å². The van der Waals surface area contributed by atoms with E-state index in [0.717, 1.165) is 32.1 Å². The zero-order valence-corrected chi connectivity index (χ0v) is 33.0. The molecule has 0 spiro atoms. The molecular formula is C45H85NO3. The fourth-order valence-corrected chi connectivity index (χ4v) is 6.50. The SMILES string of the molecule is CCCCCCCCCCC/C=C\C/C=C\CCCCCCCCCC(=O)NC(CO)C(O)/C=C/CCCCCCCCCCCCCC. The number of aliphatic hydroxyl groups excluding tert-OH is 2. The summed E-state index contributed by atoms with van der Waals surface area (Å²) in [5, 5.41) is 23.0. The Morgan fingerprint density at radius 2 is 0.837 bits per heavy atom. The standard InChI is InChI=1S/C45H85NO3/c1-3-5-7-9-11-13-15-17-19-20-21-22-23-24-25-26-27-29-31-33-35-37-39-41-45(49)46-43(42-47)44(48)40-38-36-34-32-30-28-18-16-14-12-10-8-6-4-2/h21-22,24-25,38,40,43-44,47-48H,3-20,23,26-37,39,41-42H2,1-2H3,(H,46,49)/b22-21-,25-24-,40-38+. The highest BCUT2D eigenvalue weighted by Crippen LogP contribution is 2.14. The van der Waals surface area contributed by atoms with Gasteiger partial charge in [0.05, 0.1) is 18.8 Å². The van der Waals surface area contributed by atoms with Crippen LogP contribution in [0.5, 0.6) is 0 Å². The number of unbranched alkanes of at least 4 members (excludes halogenated alkanes) is 28. The van der Waals surface area contributed by atoms with Gasteiger partial charge in [0.2, 0.25) is 5.91 Å². The molecule has 0 fully saturated rings. The lowest BCUT2D eigenvalue weighted by Crippen LogP contribution is -2.45. The molecule has 0 aromatic heterocycles. The summed E-state index contributed by atoms with van der Waals surface area (Å²) in [6.45, 7) is 4.31. The fourth-order valence-electron chi connectivity index (χ4n) is 6.50. The average molecular weight is 688 g/mol. The van der Waals surface area contributed by atoms with E-state index in [0.29, 0.717) is 6.42 Å². The van der Waals surface area contributed by atoms with E-state index in [4.69, 9.17) is 0 Å². The highest BCUT2D eigenvalue weighted by atomic mass is 16.3. The number of hydrogen-bond donors (Lipinski definition) is 3. The highest BCUT2D eigenvalue weighted by molar-refractivity contribution is 5.76. The van der Waals surface area contributed by atoms with Crippen LogP contribution >= 0.6 is 0 Å². The largest absolute Gasteiger partial charge is 0.394 e. The molecule has 0 aromatic rings. The van der Waals surface area contributed by atoms with Crippen LogP contribution in [0.3, 0.4) is 0 Å². The van der Waals surface area contributed by atoms with Gasteiger partial charge in [0.1, 0.15) is 0 Å². The molecule has 0 saturated carbocycles. The fraction of sp³-hybridized carbons (Fsp3) is 0.844. The number of nitrogens with one attached hydrogen (secondary N) is 1. The molecule has 2 unspecified atom stereocenters. The van der Waals surface area contributed by atoms with Crippen molar-refractivity contribution in [3.63, 3.8) is 0 Å². The maximum absolute atomic E-state index is 12.4. The zero-order valence-electron chi connectivity index (χ0n) is 33.0. The van der Waals surface area contributed by atoms with Gasteiger partial charge in [-0.15, -0.1) is 0 Å². The Labute approximate surface area is 306 Å². The predicted molar refractivity (Wildman–Crippen MR) is 216 cm³/mol. The van der Waals surface area contributed by atoms with Gasteiger partial charge in [0.15, 0.2) is 0 Å². The average Bonchev–Trinajstić information content (AvgIpc) is 3.10. The van der Waals surface area contributed by atoms with Crippen molar-refractivity contribution in [2.24, 2.45) is 0 Å². The van der Waals surface area contributed by atoms with Crippen molar-refractivity contribution < 1.29 is 15.0 Å². The molecule has 0 aromatic carbocycles. The smallest absolute Gasteiger partial charge is 0.220 e. The van der Waals surface area contributed by atoms with Crippen LogP contribution in [0.25, 0.3) is 0 Å². The number of aliphatic hydroxyl groups is 2. The molecular weight excluding hydrogens is 602 g/mol. The van der Waals surface area contributed by atoms with Gasteiger partial charge < -0.3 is 15.5 Å². The van der Waals surface area contributed by atoms with Crippen LogP contribution in [0.4, 0.5) is 0 Å². The van der Waals surface area contributed by atoms with Crippen LogP contribution in [0, 0.1) is 0 Å². The number of rotatable bonds is 39. The van der Waals surface area contributed by atoms with E-state index in [1.165, 1.54) is 173 Å². The zero-order chi connectivity index (χ0) is 35.7. The third-order valence-electron chi connectivity index (χ3n) is 9.87. The first-order chi connectivity index (χ1) is 24.2. The van der Waals surface area contributed by atoms with E-state index in [2.05, 4.69) is 43.5 Å². The lowest BCUT2D eigenvalue weighted by Gasteiger charge is -2.20. The van der Waals surface area contributed by atoms with Crippen LogP contribution in [-0.4, -0.2) is 34.9 Å². The Morgan fingerprint density at radius 1 is 0.490 bits per heavy atom. The Hall–Kier alpha value is -1.39. The normalized spacial score (nSPS) is 13.3. The number of carbonyl (C=O) groups excluding carboxylic acids is 1. The van der Waals surface area contributed by atoms with Crippen molar-refractivity contribution >= 4 is 5.91 Å². The first-order valence-corrected chi connectivity index (χ1v) is 21.7. The van der Waals surface area contributed by atoms with Crippen LogP contribution in [0.2, 0.25) is 0 Å². The molecule has 4 nitrogen and oxygen atoms in total. The van der Waals surface area contributed by atoms with Gasteiger partial charge in [0.25, 0.3) is 0 Å². The lowest BCUT2D eigenvalue weighted by atomic mass is 10.0. The number of allylic oxidation sites excluding steroid dienone is 5. The first kappa shape index (κ1) is 47.6. The maximum Gasteiger partial charge on any atom is 0.220 e. The van der Waals surface area contributed by atoms with Crippen molar-refractivity contribution in [3.8, 4) is 0 Å². The summed E-state index contributed by atoms with van der Waals surface area (Å²) < 4.78 is 0. The maximum atomic E-state index is 12.4. The van der Waals surface area contributed by atoms with Crippen molar-refractivity contribution in [2.75, 3.05) is 6.61 Å². The summed E-state index contributed by atoms with van der Waals surface area (Å²) in [4.78, 5) is 12.4. The van der Waals surface area contributed by atoms with Crippen LogP contribution in [0.15, 0.2) is 36.5 Å².